The van der Waals surface area contributed by atoms with Gasteiger partial charge in [0.05, 0.1) is 0 Å². The van der Waals surface area contributed by atoms with Crippen LogP contribution in [-0.2, 0) is 0 Å². The highest BCUT2D eigenvalue weighted by molar-refractivity contribution is 4.79. The van der Waals surface area contributed by atoms with Gasteiger partial charge in [0.1, 0.15) is 0 Å². The van der Waals surface area contributed by atoms with Crippen molar-refractivity contribution in [2.75, 3.05) is 6.61 Å². The van der Waals surface area contributed by atoms with Crippen LogP contribution in [0.2, 0.25) is 0 Å². The van der Waals surface area contributed by atoms with Crippen LogP contribution in [0.3, 0.4) is 0 Å². The predicted octanol–water partition coefficient (Wildman–Crippen LogP) is 2.69. The Kier molecular flexibility index (Phi) is 3.57. The molecule has 1 aliphatic rings. The fourth-order valence-corrected chi connectivity index (χ4v) is 2.61. The molecule has 1 N–H and O–H groups in total. The fourth-order valence-electron chi connectivity index (χ4n) is 2.61. The Morgan fingerprint density at radius 3 is 2.50 bits per heavy atom. The van der Waals surface area contributed by atoms with E-state index in [0.717, 1.165) is 17.8 Å². The normalized spacial score (nSPS) is 37.2. The van der Waals surface area contributed by atoms with Gasteiger partial charge in [-0.2, -0.15) is 0 Å². The molecule has 0 aromatic heterocycles. The Labute approximate surface area is 76.2 Å². The van der Waals surface area contributed by atoms with Gasteiger partial charge in [0.2, 0.25) is 0 Å². The number of aliphatic hydroxyl groups is 1. The first-order valence-corrected chi connectivity index (χ1v) is 5.26. The van der Waals surface area contributed by atoms with Gasteiger partial charge in [-0.3, -0.25) is 0 Å². The summed E-state index contributed by atoms with van der Waals surface area (Å²) in [6, 6.07) is 0. The zero-order valence-corrected chi connectivity index (χ0v) is 8.59. The molecule has 3 unspecified atom stereocenters. The highest BCUT2D eigenvalue weighted by Crippen LogP contribution is 2.37. The molecular formula is C11H22O. The van der Waals surface area contributed by atoms with Gasteiger partial charge in [-0.05, 0) is 36.5 Å². The minimum atomic E-state index is 0.396. The lowest BCUT2D eigenvalue weighted by Gasteiger charge is -2.36. The van der Waals surface area contributed by atoms with Gasteiger partial charge in [-0.15, -0.1) is 0 Å². The predicted molar refractivity (Wildman–Crippen MR) is 51.9 cm³/mol. The van der Waals surface area contributed by atoms with Crippen molar-refractivity contribution in [3.8, 4) is 0 Å². The lowest BCUT2D eigenvalue weighted by atomic mass is 9.70. The third-order valence-corrected chi connectivity index (χ3v) is 3.39. The summed E-state index contributed by atoms with van der Waals surface area (Å²) in [6.07, 6.45) is 3.92. The summed E-state index contributed by atoms with van der Waals surface area (Å²) in [5.74, 6) is 2.92. The molecular weight excluding hydrogens is 148 g/mol. The molecule has 0 amide bonds. The van der Waals surface area contributed by atoms with E-state index in [1.54, 1.807) is 0 Å². The first-order chi connectivity index (χ1) is 5.65. The SMILES string of the molecule is CC1CCC(C(C)C)C(CO)C1. The van der Waals surface area contributed by atoms with Crippen molar-refractivity contribution in [1.82, 2.24) is 0 Å². The van der Waals surface area contributed by atoms with Crippen molar-refractivity contribution in [3.05, 3.63) is 0 Å². The highest BCUT2D eigenvalue weighted by atomic mass is 16.3. The van der Waals surface area contributed by atoms with E-state index in [-0.39, 0.29) is 0 Å². The lowest BCUT2D eigenvalue weighted by Crippen LogP contribution is -2.29. The molecule has 0 bridgehead atoms. The van der Waals surface area contributed by atoms with E-state index in [1.807, 2.05) is 0 Å². The van der Waals surface area contributed by atoms with Gasteiger partial charge < -0.3 is 5.11 Å². The summed E-state index contributed by atoms with van der Waals surface area (Å²) >= 11 is 0. The third kappa shape index (κ3) is 2.22. The topological polar surface area (TPSA) is 20.2 Å². The second-order valence-corrected chi connectivity index (χ2v) is 4.77. The Bertz CT molecular complexity index is 131. The Morgan fingerprint density at radius 1 is 1.33 bits per heavy atom. The maximum Gasteiger partial charge on any atom is 0.0462 e. The molecule has 1 heteroatoms. The van der Waals surface area contributed by atoms with Crippen LogP contribution in [0.15, 0.2) is 0 Å². The Hall–Kier alpha value is -0.0400. The van der Waals surface area contributed by atoms with Gasteiger partial charge >= 0.3 is 0 Å². The molecule has 0 heterocycles. The van der Waals surface area contributed by atoms with Crippen LogP contribution in [0, 0.1) is 23.7 Å². The van der Waals surface area contributed by atoms with Crippen molar-refractivity contribution in [1.29, 1.82) is 0 Å². The van der Waals surface area contributed by atoms with E-state index in [0.29, 0.717) is 12.5 Å². The van der Waals surface area contributed by atoms with E-state index in [9.17, 15) is 5.11 Å². The summed E-state index contributed by atoms with van der Waals surface area (Å²) in [7, 11) is 0. The fraction of sp³-hybridized carbons (Fsp3) is 1.00. The van der Waals surface area contributed by atoms with Crippen LogP contribution in [0.5, 0.6) is 0 Å². The summed E-state index contributed by atoms with van der Waals surface area (Å²) < 4.78 is 0. The molecule has 1 fully saturated rings. The highest BCUT2D eigenvalue weighted by Gasteiger charge is 2.29. The lowest BCUT2D eigenvalue weighted by molar-refractivity contribution is 0.0834. The monoisotopic (exact) mass is 170 g/mol. The molecule has 72 valence electrons. The van der Waals surface area contributed by atoms with Crippen LogP contribution in [-0.4, -0.2) is 11.7 Å². The number of aliphatic hydroxyl groups excluding tert-OH is 1. The van der Waals surface area contributed by atoms with E-state index in [2.05, 4.69) is 20.8 Å². The van der Waals surface area contributed by atoms with Crippen molar-refractivity contribution >= 4 is 0 Å². The van der Waals surface area contributed by atoms with Crippen LogP contribution in [0.1, 0.15) is 40.0 Å². The van der Waals surface area contributed by atoms with Gasteiger partial charge in [0, 0.05) is 6.61 Å². The molecule has 0 spiro atoms. The first-order valence-electron chi connectivity index (χ1n) is 5.26. The smallest absolute Gasteiger partial charge is 0.0462 e. The maximum atomic E-state index is 9.23. The van der Waals surface area contributed by atoms with Crippen molar-refractivity contribution in [3.63, 3.8) is 0 Å². The quantitative estimate of drug-likeness (QED) is 0.675. The van der Waals surface area contributed by atoms with Crippen LogP contribution < -0.4 is 0 Å². The van der Waals surface area contributed by atoms with Crippen LogP contribution in [0.25, 0.3) is 0 Å². The Morgan fingerprint density at radius 2 is 2.00 bits per heavy atom. The molecule has 0 aromatic carbocycles. The summed E-state index contributed by atoms with van der Waals surface area (Å²) in [5, 5.41) is 9.23. The van der Waals surface area contributed by atoms with Gasteiger partial charge in [-0.25, -0.2) is 0 Å². The summed E-state index contributed by atoms with van der Waals surface area (Å²) in [6.45, 7) is 7.26. The minimum absolute atomic E-state index is 0.396. The van der Waals surface area contributed by atoms with Gasteiger partial charge in [0.15, 0.2) is 0 Å². The Balaban J connectivity index is 2.50. The second kappa shape index (κ2) is 4.27. The molecule has 0 aromatic rings. The molecule has 1 rings (SSSR count). The first kappa shape index (κ1) is 10.0. The van der Waals surface area contributed by atoms with Crippen molar-refractivity contribution in [2.45, 2.75) is 40.0 Å². The van der Waals surface area contributed by atoms with E-state index < -0.39 is 0 Å². The molecule has 3 atom stereocenters. The van der Waals surface area contributed by atoms with Crippen molar-refractivity contribution in [2.24, 2.45) is 23.7 Å². The van der Waals surface area contributed by atoms with Crippen molar-refractivity contribution < 1.29 is 5.11 Å². The third-order valence-electron chi connectivity index (χ3n) is 3.39. The second-order valence-electron chi connectivity index (χ2n) is 4.77. The number of rotatable bonds is 2. The zero-order valence-electron chi connectivity index (χ0n) is 8.59. The number of hydrogen-bond acceptors (Lipinski definition) is 1. The van der Waals surface area contributed by atoms with Gasteiger partial charge in [-0.1, -0.05) is 27.2 Å². The van der Waals surface area contributed by atoms with Crippen LogP contribution >= 0.6 is 0 Å². The van der Waals surface area contributed by atoms with E-state index in [1.165, 1.54) is 19.3 Å². The summed E-state index contributed by atoms with van der Waals surface area (Å²) in [4.78, 5) is 0. The molecule has 0 aliphatic heterocycles. The average Bonchev–Trinajstić information content (AvgIpc) is 2.03. The average molecular weight is 170 g/mol. The minimum Gasteiger partial charge on any atom is -0.396 e. The standard InChI is InChI=1S/C11H22O/c1-8(2)11-5-4-9(3)6-10(11)7-12/h8-12H,4-7H2,1-3H3. The van der Waals surface area contributed by atoms with Crippen LogP contribution in [0.4, 0.5) is 0 Å². The zero-order chi connectivity index (χ0) is 9.14. The summed E-state index contributed by atoms with van der Waals surface area (Å²) in [5.41, 5.74) is 0. The van der Waals surface area contributed by atoms with Gasteiger partial charge in [0.25, 0.3) is 0 Å². The molecule has 12 heavy (non-hydrogen) atoms. The van der Waals surface area contributed by atoms with E-state index >= 15 is 0 Å². The molecule has 1 nitrogen and oxygen atoms in total. The maximum absolute atomic E-state index is 9.23. The molecule has 0 radical (unpaired) electrons. The number of hydrogen-bond donors (Lipinski definition) is 1. The largest absolute Gasteiger partial charge is 0.396 e. The molecule has 1 aliphatic carbocycles. The molecule has 0 saturated heterocycles. The molecule has 1 saturated carbocycles. The van der Waals surface area contributed by atoms with E-state index in [4.69, 9.17) is 0 Å².